The summed E-state index contributed by atoms with van der Waals surface area (Å²) < 4.78 is 17.8. The van der Waals surface area contributed by atoms with Gasteiger partial charge in [-0.2, -0.15) is 0 Å². The van der Waals surface area contributed by atoms with E-state index < -0.39 is 12.0 Å². The fourth-order valence-corrected chi connectivity index (χ4v) is 2.51. The van der Waals surface area contributed by atoms with E-state index in [-0.39, 0.29) is 5.82 Å². The lowest BCUT2D eigenvalue weighted by Gasteiger charge is -2.12. The molecule has 0 aromatic heterocycles. The van der Waals surface area contributed by atoms with Gasteiger partial charge in [-0.1, -0.05) is 18.2 Å². The Morgan fingerprint density at radius 3 is 2.48 bits per heavy atom. The first-order valence-corrected chi connectivity index (χ1v) is 8.49. The van der Waals surface area contributed by atoms with Gasteiger partial charge in [0.15, 0.2) is 0 Å². The third kappa shape index (κ3) is 5.39. The highest BCUT2D eigenvalue weighted by atomic mass is 19.1. The van der Waals surface area contributed by atoms with Crippen molar-refractivity contribution in [2.24, 2.45) is 0 Å². The normalized spacial score (nSPS) is 13.8. The largest absolute Gasteiger partial charge is 0.466 e. The maximum absolute atomic E-state index is 13.0. The number of nitrogens with one attached hydrogen (secondary N) is 2. The van der Waals surface area contributed by atoms with Gasteiger partial charge in [-0.05, 0) is 42.0 Å². The van der Waals surface area contributed by atoms with E-state index in [2.05, 4.69) is 15.5 Å². The monoisotopic (exact) mass is 369 g/mol. The van der Waals surface area contributed by atoms with Crippen molar-refractivity contribution >= 4 is 29.5 Å². The highest BCUT2D eigenvalue weighted by molar-refractivity contribution is 6.02. The molecule has 0 unspecified atom stereocenters. The molecule has 1 heterocycles. The van der Waals surface area contributed by atoms with Crippen LogP contribution in [0.3, 0.4) is 0 Å². The molecule has 0 bridgehead atoms. The summed E-state index contributed by atoms with van der Waals surface area (Å²) in [6, 6.07) is 12.2. The average molecular weight is 369 g/mol. The van der Waals surface area contributed by atoms with E-state index in [1.54, 1.807) is 24.3 Å². The molecule has 27 heavy (non-hydrogen) atoms. The summed E-state index contributed by atoms with van der Waals surface area (Å²) in [5, 5.41) is 5.39. The van der Waals surface area contributed by atoms with Crippen LogP contribution in [0.25, 0.3) is 6.08 Å². The minimum absolute atomic E-state index is 0.377. The Morgan fingerprint density at radius 1 is 1.11 bits per heavy atom. The van der Waals surface area contributed by atoms with Crippen LogP contribution in [0.2, 0.25) is 0 Å². The number of anilines is 2. The van der Waals surface area contributed by atoms with E-state index in [4.69, 9.17) is 4.74 Å². The number of ether oxygens (including phenoxy) is 1. The van der Waals surface area contributed by atoms with Crippen molar-refractivity contribution < 1.29 is 18.7 Å². The molecule has 1 aliphatic heterocycles. The van der Waals surface area contributed by atoms with E-state index in [9.17, 15) is 14.0 Å². The second kappa shape index (κ2) is 8.46. The third-order valence-electron chi connectivity index (χ3n) is 4.02. The molecular weight excluding hydrogens is 349 g/mol. The molecule has 1 fully saturated rings. The van der Waals surface area contributed by atoms with Gasteiger partial charge in [-0.25, -0.2) is 14.0 Å². The molecule has 0 saturated carbocycles. The van der Waals surface area contributed by atoms with Crippen LogP contribution < -0.4 is 10.6 Å². The van der Waals surface area contributed by atoms with E-state index in [0.717, 1.165) is 13.1 Å². The van der Waals surface area contributed by atoms with Gasteiger partial charge in [0.2, 0.25) is 0 Å². The highest BCUT2D eigenvalue weighted by Crippen LogP contribution is 2.21. The van der Waals surface area contributed by atoms with Crippen molar-refractivity contribution in [1.82, 2.24) is 4.90 Å². The molecule has 0 radical (unpaired) electrons. The predicted octanol–water partition coefficient (Wildman–Crippen LogP) is 3.34. The maximum Gasteiger partial charge on any atom is 0.335 e. The van der Waals surface area contributed by atoms with Crippen LogP contribution in [0.1, 0.15) is 5.56 Å². The average Bonchev–Trinajstić information content (AvgIpc) is 3.48. The smallest absolute Gasteiger partial charge is 0.335 e. The molecule has 6 nitrogen and oxygen atoms in total. The first-order chi connectivity index (χ1) is 13.0. The molecule has 3 rings (SSSR count). The van der Waals surface area contributed by atoms with Crippen LogP contribution in [-0.2, 0) is 9.53 Å². The zero-order valence-electron chi connectivity index (χ0n) is 14.9. The molecule has 0 atom stereocenters. The van der Waals surface area contributed by atoms with Crippen LogP contribution in [0.4, 0.5) is 20.6 Å². The SMILES string of the molecule is COC(=O)/C(=C/c1ccccc1NC(=O)Nc1ccc(F)cc1)CN1CC1. The van der Waals surface area contributed by atoms with Crippen LogP contribution in [0.15, 0.2) is 54.1 Å². The van der Waals surface area contributed by atoms with Gasteiger partial charge in [-0.3, -0.25) is 4.90 Å². The van der Waals surface area contributed by atoms with Gasteiger partial charge in [-0.15, -0.1) is 0 Å². The number of carbonyl (C=O) groups is 2. The summed E-state index contributed by atoms with van der Waals surface area (Å²) in [6.07, 6.45) is 1.72. The Kier molecular flexibility index (Phi) is 5.83. The zero-order chi connectivity index (χ0) is 19.2. The van der Waals surface area contributed by atoms with E-state index in [1.807, 2.05) is 6.07 Å². The lowest BCUT2D eigenvalue weighted by molar-refractivity contribution is -0.136. The lowest BCUT2D eigenvalue weighted by Crippen LogP contribution is -2.20. The Labute approximate surface area is 156 Å². The molecule has 2 aromatic rings. The van der Waals surface area contributed by atoms with E-state index in [1.165, 1.54) is 31.4 Å². The zero-order valence-corrected chi connectivity index (χ0v) is 14.9. The number of rotatable bonds is 6. The summed E-state index contributed by atoms with van der Waals surface area (Å²) in [4.78, 5) is 26.4. The van der Waals surface area contributed by atoms with Crippen molar-refractivity contribution in [3.05, 3.63) is 65.5 Å². The Morgan fingerprint density at radius 2 is 1.81 bits per heavy atom. The first kappa shape index (κ1) is 18.6. The minimum atomic E-state index is -0.465. The molecule has 1 aliphatic rings. The molecule has 0 aliphatic carbocycles. The van der Waals surface area contributed by atoms with Crippen molar-refractivity contribution in [3.63, 3.8) is 0 Å². The Hall–Kier alpha value is -3.19. The fourth-order valence-electron chi connectivity index (χ4n) is 2.51. The van der Waals surface area contributed by atoms with Crippen LogP contribution in [0.5, 0.6) is 0 Å². The van der Waals surface area contributed by atoms with Crippen LogP contribution >= 0.6 is 0 Å². The third-order valence-corrected chi connectivity index (χ3v) is 4.02. The molecule has 7 heteroatoms. The number of urea groups is 1. The highest BCUT2D eigenvalue weighted by Gasteiger charge is 2.22. The topological polar surface area (TPSA) is 70.4 Å². The maximum atomic E-state index is 13.0. The van der Waals surface area contributed by atoms with Crippen molar-refractivity contribution in [3.8, 4) is 0 Å². The quantitative estimate of drug-likeness (QED) is 0.465. The van der Waals surface area contributed by atoms with Crippen molar-refractivity contribution in [2.75, 3.05) is 37.4 Å². The Balaban J connectivity index is 1.76. The molecule has 1 saturated heterocycles. The summed E-state index contributed by atoms with van der Waals surface area (Å²) >= 11 is 0. The number of esters is 1. The van der Waals surface area contributed by atoms with Gasteiger partial charge < -0.3 is 15.4 Å². The molecule has 140 valence electrons. The van der Waals surface area contributed by atoms with Gasteiger partial charge >= 0.3 is 12.0 Å². The number of hydrogen-bond donors (Lipinski definition) is 2. The van der Waals surface area contributed by atoms with Crippen LogP contribution in [0, 0.1) is 5.82 Å². The second-order valence-electron chi connectivity index (χ2n) is 6.11. The minimum Gasteiger partial charge on any atom is -0.466 e. The number of methoxy groups -OCH3 is 1. The van der Waals surface area contributed by atoms with Crippen molar-refractivity contribution in [2.45, 2.75) is 0 Å². The molecule has 2 amide bonds. The summed E-state index contributed by atoms with van der Waals surface area (Å²) in [5.41, 5.74) is 2.22. The standard InChI is InChI=1S/C20H20FN3O3/c1-27-19(25)15(13-24-10-11-24)12-14-4-2-3-5-18(14)23-20(26)22-17-8-6-16(21)7-9-17/h2-9,12H,10-11,13H2,1H3,(H2,22,23,26)/b15-12+. The number of para-hydroxylation sites is 1. The molecule has 0 spiro atoms. The molecule has 2 aromatic carbocycles. The number of hydrogen-bond acceptors (Lipinski definition) is 4. The number of benzene rings is 2. The lowest BCUT2D eigenvalue weighted by atomic mass is 10.1. The Bertz CT molecular complexity index is 861. The van der Waals surface area contributed by atoms with E-state index >= 15 is 0 Å². The van der Waals surface area contributed by atoms with Gasteiger partial charge in [0.25, 0.3) is 0 Å². The number of halogens is 1. The molecule has 2 N–H and O–H groups in total. The van der Waals surface area contributed by atoms with Gasteiger partial charge in [0.05, 0.1) is 12.7 Å². The number of nitrogens with zero attached hydrogens (tertiary/aromatic N) is 1. The number of carbonyl (C=O) groups excluding carboxylic acids is 2. The van der Waals surface area contributed by atoms with Gasteiger partial charge in [0.1, 0.15) is 5.82 Å². The van der Waals surface area contributed by atoms with Crippen molar-refractivity contribution in [1.29, 1.82) is 0 Å². The predicted molar refractivity (Wildman–Crippen MR) is 102 cm³/mol. The fraction of sp³-hybridized carbons (Fsp3) is 0.200. The summed E-state index contributed by atoms with van der Waals surface area (Å²) in [6.45, 7) is 2.41. The summed E-state index contributed by atoms with van der Waals surface area (Å²) in [5.74, 6) is -0.773. The van der Waals surface area contributed by atoms with Gasteiger partial charge in [0, 0.05) is 31.0 Å². The summed E-state index contributed by atoms with van der Waals surface area (Å²) in [7, 11) is 1.35. The molecular formula is C20H20FN3O3. The number of amides is 2. The second-order valence-corrected chi connectivity index (χ2v) is 6.11. The van der Waals surface area contributed by atoms with E-state index in [0.29, 0.717) is 29.1 Å². The van der Waals surface area contributed by atoms with Crippen LogP contribution in [-0.4, -0.2) is 43.6 Å². The first-order valence-electron chi connectivity index (χ1n) is 8.49.